The first-order chi connectivity index (χ1) is 30.5. The number of esters is 2. The van der Waals surface area contributed by atoms with Crippen LogP contribution in [0.4, 0.5) is 0 Å². The quantitative estimate of drug-likeness (QED) is 0.0197. The van der Waals surface area contributed by atoms with Gasteiger partial charge in [0, 0.05) is 12.8 Å². The molecular weight excluding hydrogens is 825 g/mol. The Morgan fingerprint density at radius 2 is 0.952 bits per heavy atom. The Hall–Kier alpha value is -2.13. The summed E-state index contributed by atoms with van der Waals surface area (Å²) in [6.07, 6.45) is 37.5. The van der Waals surface area contributed by atoms with Gasteiger partial charge in [0.15, 0.2) is 12.4 Å². The number of hydrogen-bond donors (Lipinski definition) is 4. The number of unbranched alkanes of at least 4 members (excludes halogenated alkanes) is 24. The van der Waals surface area contributed by atoms with E-state index in [1.54, 1.807) is 0 Å². The van der Waals surface area contributed by atoms with E-state index in [9.17, 15) is 37.9 Å². The molecule has 1 saturated heterocycles. The normalized spacial score (nSPS) is 20.0. The van der Waals surface area contributed by atoms with Gasteiger partial charge >= 0.3 is 11.9 Å². The second-order valence-electron chi connectivity index (χ2n) is 17.5. The van der Waals surface area contributed by atoms with Gasteiger partial charge in [-0.05, 0) is 51.4 Å². The van der Waals surface area contributed by atoms with E-state index in [1.807, 2.05) is 0 Å². The molecule has 1 heterocycles. The van der Waals surface area contributed by atoms with Gasteiger partial charge in [-0.25, -0.2) is 0 Å². The molecule has 0 aromatic carbocycles. The van der Waals surface area contributed by atoms with Gasteiger partial charge in [-0.15, -0.1) is 0 Å². The highest BCUT2D eigenvalue weighted by Gasteiger charge is 2.46. The van der Waals surface area contributed by atoms with Crippen molar-refractivity contribution in [1.82, 2.24) is 0 Å². The summed E-state index contributed by atoms with van der Waals surface area (Å²) in [7, 11) is -4.61. The molecule has 6 atom stereocenters. The first-order valence-corrected chi connectivity index (χ1v) is 26.7. The minimum absolute atomic E-state index is 0.163. The third kappa shape index (κ3) is 34.8. The van der Waals surface area contributed by atoms with E-state index in [2.05, 4.69) is 50.3 Å². The Bertz CT molecular complexity index is 1300. The van der Waals surface area contributed by atoms with Crippen molar-refractivity contribution in [2.45, 2.75) is 250 Å². The van der Waals surface area contributed by atoms with Crippen molar-refractivity contribution in [3.63, 3.8) is 0 Å². The number of allylic oxidation sites excluding steroid dienone is 6. The molecule has 0 amide bonds. The van der Waals surface area contributed by atoms with Crippen molar-refractivity contribution in [1.29, 1.82) is 0 Å². The zero-order valence-corrected chi connectivity index (χ0v) is 40.2. The molecule has 0 bridgehead atoms. The number of carbonyl (C=O) groups excluding carboxylic acids is 2. The molecule has 0 radical (unpaired) electrons. The van der Waals surface area contributed by atoms with E-state index in [-0.39, 0.29) is 19.4 Å². The summed E-state index contributed by atoms with van der Waals surface area (Å²) in [6.45, 7) is 3.74. The molecular formula is C50H90O12S. The molecule has 0 spiro atoms. The Morgan fingerprint density at radius 3 is 1.44 bits per heavy atom. The van der Waals surface area contributed by atoms with Crippen LogP contribution in [0.25, 0.3) is 0 Å². The maximum atomic E-state index is 12.9. The molecule has 368 valence electrons. The molecule has 2 unspecified atom stereocenters. The SMILES string of the molecule is CCCCC/C=C/C/C=C/C/C=C/CCCCCCC(=O)OC[C@H](CO[C@H]1O[C@H](CS(=O)(=O)O)[C@@H](O)C(O)C1O)OC(=O)CCCCCCCCCCCCCCCCCCCC. The summed E-state index contributed by atoms with van der Waals surface area (Å²) >= 11 is 0. The lowest BCUT2D eigenvalue weighted by molar-refractivity contribution is -0.297. The van der Waals surface area contributed by atoms with Crippen LogP contribution in [0.3, 0.4) is 0 Å². The van der Waals surface area contributed by atoms with Crippen molar-refractivity contribution in [2.24, 2.45) is 0 Å². The largest absolute Gasteiger partial charge is 0.462 e. The lowest BCUT2D eigenvalue weighted by atomic mass is 10.00. The fraction of sp³-hybridized carbons (Fsp3) is 0.840. The van der Waals surface area contributed by atoms with E-state index in [4.69, 9.17) is 18.9 Å². The molecule has 1 rings (SSSR count). The van der Waals surface area contributed by atoms with Crippen LogP contribution in [0.5, 0.6) is 0 Å². The molecule has 1 fully saturated rings. The summed E-state index contributed by atoms with van der Waals surface area (Å²) in [5, 5.41) is 30.9. The smallest absolute Gasteiger partial charge is 0.306 e. The summed E-state index contributed by atoms with van der Waals surface area (Å²) in [4.78, 5) is 25.5. The monoisotopic (exact) mass is 915 g/mol. The molecule has 1 aliphatic rings. The van der Waals surface area contributed by atoms with Crippen molar-refractivity contribution in [3.05, 3.63) is 36.5 Å². The van der Waals surface area contributed by atoms with Crippen LogP contribution in [-0.4, -0.2) is 96.0 Å². The van der Waals surface area contributed by atoms with Gasteiger partial charge in [0.1, 0.15) is 36.8 Å². The number of carbonyl (C=O) groups is 2. The molecule has 12 nitrogen and oxygen atoms in total. The van der Waals surface area contributed by atoms with Gasteiger partial charge in [0.05, 0.1) is 6.61 Å². The second kappa shape index (κ2) is 40.2. The van der Waals surface area contributed by atoms with Crippen molar-refractivity contribution in [3.8, 4) is 0 Å². The average Bonchev–Trinajstić information content (AvgIpc) is 3.25. The van der Waals surface area contributed by atoms with Gasteiger partial charge in [-0.2, -0.15) is 8.42 Å². The summed E-state index contributed by atoms with van der Waals surface area (Å²) in [6, 6.07) is 0. The number of aliphatic hydroxyl groups is 3. The fourth-order valence-corrected chi connectivity index (χ4v) is 8.26. The maximum absolute atomic E-state index is 12.9. The van der Waals surface area contributed by atoms with Gasteiger partial charge in [0.2, 0.25) is 0 Å². The highest BCUT2D eigenvalue weighted by molar-refractivity contribution is 7.85. The first-order valence-electron chi connectivity index (χ1n) is 25.0. The lowest BCUT2D eigenvalue weighted by Gasteiger charge is -2.40. The molecule has 13 heteroatoms. The fourth-order valence-electron chi connectivity index (χ4n) is 7.57. The minimum atomic E-state index is -4.61. The summed E-state index contributed by atoms with van der Waals surface area (Å²) in [5.41, 5.74) is 0. The van der Waals surface area contributed by atoms with Crippen LogP contribution in [0.1, 0.15) is 213 Å². The van der Waals surface area contributed by atoms with Crippen molar-refractivity contribution < 1.29 is 56.8 Å². The van der Waals surface area contributed by atoms with Crippen molar-refractivity contribution >= 4 is 22.1 Å². The predicted octanol–water partition coefficient (Wildman–Crippen LogP) is 11.0. The van der Waals surface area contributed by atoms with Gasteiger partial charge in [-0.1, -0.05) is 185 Å². The molecule has 0 aromatic rings. The van der Waals surface area contributed by atoms with Crippen LogP contribution < -0.4 is 0 Å². The average molecular weight is 915 g/mol. The van der Waals surface area contributed by atoms with Crippen LogP contribution in [-0.2, 0) is 38.7 Å². The highest BCUT2D eigenvalue weighted by Crippen LogP contribution is 2.24. The molecule has 0 saturated carbocycles. The lowest BCUT2D eigenvalue weighted by Crippen LogP contribution is -2.60. The second-order valence-corrected chi connectivity index (χ2v) is 19.0. The summed E-state index contributed by atoms with van der Waals surface area (Å²) in [5.74, 6) is -2.00. The third-order valence-electron chi connectivity index (χ3n) is 11.5. The van der Waals surface area contributed by atoms with Gasteiger partial charge in [-0.3, -0.25) is 14.1 Å². The van der Waals surface area contributed by atoms with Gasteiger partial charge in [0.25, 0.3) is 10.1 Å². The number of ether oxygens (including phenoxy) is 4. The maximum Gasteiger partial charge on any atom is 0.306 e. The number of hydrogen-bond acceptors (Lipinski definition) is 11. The third-order valence-corrected chi connectivity index (χ3v) is 12.2. The molecule has 1 aliphatic heterocycles. The first kappa shape index (κ1) is 58.9. The predicted molar refractivity (Wildman–Crippen MR) is 252 cm³/mol. The molecule has 0 aromatic heterocycles. The van der Waals surface area contributed by atoms with E-state index in [1.165, 1.54) is 109 Å². The Kier molecular flexibility index (Phi) is 37.5. The van der Waals surface area contributed by atoms with Crippen LogP contribution >= 0.6 is 0 Å². The minimum Gasteiger partial charge on any atom is -0.462 e. The van der Waals surface area contributed by atoms with E-state index >= 15 is 0 Å². The Labute approximate surface area is 382 Å². The van der Waals surface area contributed by atoms with Gasteiger partial charge < -0.3 is 34.3 Å². The van der Waals surface area contributed by atoms with E-state index in [0.717, 1.165) is 64.2 Å². The van der Waals surface area contributed by atoms with Crippen LogP contribution in [0, 0.1) is 0 Å². The standard InChI is InChI=1S/C50H90O12S/c1-3-5-7-9-11-13-15-17-19-21-23-25-27-29-31-33-35-37-39-46(52)61-43(41-60-50-49(55)48(54)47(53)44(62-50)42-63(56,57)58)40-59-45(51)38-36-34-32-30-28-26-24-22-20-18-16-14-12-10-8-6-4-2/h12,14,18,20,24,26,43-44,47-50,53-55H,3-11,13,15-17,19,21-23,25,27-42H2,1-2H3,(H,56,57,58)/b14-12+,20-18+,26-24+/t43-,44-,47-,48?,49?,50+/m1/s1. The Morgan fingerprint density at radius 1 is 0.540 bits per heavy atom. The number of rotatable bonds is 42. The number of aliphatic hydroxyl groups excluding tert-OH is 3. The zero-order chi connectivity index (χ0) is 46.2. The Balaban J connectivity index is 2.41. The topological polar surface area (TPSA) is 186 Å². The van der Waals surface area contributed by atoms with E-state index < -0.39 is 71.2 Å². The van der Waals surface area contributed by atoms with Crippen molar-refractivity contribution in [2.75, 3.05) is 19.0 Å². The van der Waals surface area contributed by atoms with Crippen LogP contribution in [0.15, 0.2) is 36.5 Å². The highest BCUT2D eigenvalue weighted by atomic mass is 32.2. The van der Waals surface area contributed by atoms with E-state index in [0.29, 0.717) is 12.8 Å². The molecule has 0 aliphatic carbocycles. The molecule has 4 N–H and O–H groups in total. The van der Waals surface area contributed by atoms with Crippen LogP contribution in [0.2, 0.25) is 0 Å². The zero-order valence-electron chi connectivity index (χ0n) is 39.4. The summed E-state index contributed by atoms with van der Waals surface area (Å²) < 4.78 is 54.2. The molecule has 63 heavy (non-hydrogen) atoms.